The van der Waals surface area contributed by atoms with Gasteiger partial charge in [0.1, 0.15) is 22.3 Å². The lowest BCUT2D eigenvalue weighted by Gasteiger charge is -2.19. The van der Waals surface area contributed by atoms with Crippen molar-refractivity contribution in [3.63, 3.8) is 0 Å². The zero-order valence-corrected chi connectivity index (χ0v) is 45.1. The predicted molar refractivity (Wildman–Crippen MR) is 300 cm³/mol. The van der Waals surface area contributed by atoms with Crippen LogP contribution in [0, 0.1) is 20.8 Å². The van der Waals surface area contributed by atoms with E-state index in [0.29, 0.717) is 80.3 Å². The number of carboxylic acid groups (broad SMARTS) is 1. The maximum atomic E-state index is 13.8. The van der Waals surface area contributed by atoms with Crippen LogP contribution in [0.15, 0.2) is 111 Å². The molecule has 6 rings (SSSR count). The van der Waals surface area contributed by atoms with Crippen molar-refractivity contribution in [3.05, 3.63) is 141 Å². The third-order valence-corrected chi connectivity index (χ3v) is 14.6. The Morgan fingerprint density at radius 1 is 0.825 bits per heavy atom. The van der Waals surface area contributed by atoms with Gasteiger partial charge in [0.25, 0.3) is 21.9 Å². The summed E-state index contributed by atoms with van der Waals surface area (Å²) in [7, 11) is -8.78. The minimum atomic E-state index is -4.43. The number of fused-ring (bicyclic) bond motifs is 1. The highest BCUT2D eigenvalue weighted by molar-refractivity contribution is 7.89. The lowest BCUT2D eigenvalue weighted by molar-refractivity contribution is -0.138. The summed E-state index contributed by atoms with van der Waals surface area (Å²) in [6.45, 7) is 6.39. The number of pyridine rings is 2. The van der Waals surface area contributed by atoms with E-state index in [1.165, 1.54) is 48.9 Å². The molecule has 0 spiro atoms. The number of aromatic nitrogens is 4. The van der Waals surface area contributed by atoms with Crippen LogP contribution in [0.2, 0.25) is 0 Å². The number of hydrogen-bond donors (Lipinski definition) is 10. The number of amides is 4. The molecule has 0 aliphatic carbocycles. The first-order valence-corrected chi connectivity index (χ1v) is 27.8. The topological polar surface area (TPSA) is 363 Å². The number of ether oxygens (including phenoxy) is 1. The Morgan fingerprint density at radius 2 is 1.50 bits per heavy atom. The molecule has 1 atom stereocenters. The quantitative estimate of drug-likeness (QED) is 0.0133. The number of nitrogens with one attached hydrogen (secondary N) is 8. The molecule has 27 heteroatoms. The van der Waals surface area contributed by atoms with Crippen LogP contribution in [0.4, 0.5) is 11.8 Å². The molecular formula is C53H66N12O13S2. The van der Waals surface area contributed by atoms with Gasteiger partial charge in [0.15, 0.2) is 5.95 Å². The second-order valence-corrected chi connectivity index (χ2v) is 21.1. The first-order valence-electron chi connectivity index (χ1n) is 24.9. The van der Waals surface area contributed by atoms with E-state index in [-0.39, 0.29) is 83.2 Å². The van der Waals surface area contributed by atoms with E-state index < -0.39 is 50.0 Å². The van der Waals surface area contributed by atoms with Crippen molar-refractivity contribution in [2.45, 2.75) is 89.2 Å². The number of carbonyl (C=O) groups is 5. The van der Waals surface area contributed by atoms with Gasteiger partial charge in [0, 0.05) is 101 Å². The first-order chi connectivity index (χ1) is 37.7. The number of sulfonamides is 1. The van der Waals surface area contributed by atoms with Gasteiger partial charge in [-0.3, -0.25) is 38.7 Å². The van der Waals surface area contributed by atoms with Crippen LogP contribution in [0.1, 0.15) is 88.1 Å². The number of aliphatic carboxylic acids is 1. The molecule has 0 bridgehead atoms. The van der Waals surface area contributed by atoms with Crippen LogP contribution in [0.25, 0.3) is 10.9 Å². The van der Waals surface area contributed by atoms with Crippen molar-refractivity contribution in [1.82, 2.24) is 45.5 Å². The summed E-state index contributed by atoms with van der Waals surface area (Å²) >= 11 is 0. The Labute approximate surface area is 462 Å². The van der Waals surface area contributed by atoms with Crippen molar-refractivity contribution in [1.29, 1.82) is 0 Å². The van der Waals surface area contributed by atoms with Crippen molar-refractivity contribution in [3.8, 4) is 0 Å². The molecule has 0 saturated carbocycles. The molecule has 3 aromatic carbocycles. The number of hydrazone groups is 1. The smallest absolute Gasteiger partial charge is 0.323 e. The third-order valence-electron chi connectivity index (χ3n) is 11.9. The van der Waals surface area contributed by atoms with E-state index >= 15 is 0 Å². The van der Waals surface area contributed by atoms with Gasteiger partial charge in [-0.1, -0.05) is 49.4 Å². The number of hydrogen-bond acceptors (Lipinski definition) is 16. The van der Waals surface area contributed by atoms with E-state index in [0.717, 1.165) is 11.1 Å². The Hall–Kier alpha value is -8.37. The predicted octanol–water partition coefficient (Wildman–Crippen LogP) is 3.78. The standard InChI is InChI=1S/C52H62N12O13S2.CH4/c1-33-25-34(2)48(35(3)26-33)78(72,73)63-41(51(70)71)31-59-50(69)40-32-64(42-27-36(11-13-39(42)47(40)67)28-60-52-56-20-21-57-52)22-6-17-53-45(65)15-16-46(66)54-18-7-23-77-24-8-19-55-49(68)38-12-14-44(58-29-38)62-61-30-37-9-4-5-10-43(37)79(74,75)76;/h4-5,9-14,20-21,25-27,29-30,32,41,63H,6-8,15-19,22-24,28,31H2,1-3H3,(H,53,65)(H,54,66)(H,55,68)(H,58,62)(H,59,69)(H,70,71)(H2,56,57,60)(H,74,75,76);1H4/b61-30+;. The van der Waals surface area contributed by atoms with Crippen LogP contribution in [-0.4, -0.2) is 127 Å². The highest BCUT2D eigenvalue weighted by Gasteiger charge is 2.29. The SMILES string of the molecule is C.Cc1cc(C)c(S(=O)(=O)NC(CNC(=O)c2cn(CCCNC(=O)CCC(=O)NCCCOCCCNC(=O)c3ccc(N/N=C/c4ccccc4S(=O)(=O)O)nc3)c3cc(CNc4ncc[nH]4)ccc3c2=O)C(=O)O)c(C)c1. The molecule has 0 aliphatic heterocycles. The molecule has 4 amide bonds. The Morgan fingerprint density at radius 3 is 2.14 bits per heavy atom. The van der Waals surface area contributed by atoms with Gasteiger partial charge in [-0.15, -0.1) is 0 Å². The summed E-state index contributed by atoms with van der Waals surface area (Å²) in [6.07, 6.45) is 8.38. The molecule has 1 unspecified atom stereocenters. The maximum Gasteiger partial charge on any atom is 0.323 e. The largest absolute Gasteiger partial charge is 0.480 e. The van der Waals surface area contributed by atoms with Crippen LogP contribution in [-0.2, 0) is 52.4 Å². The number of aromatic amines is 1. The molecule has 0 radical (unpaired) electrons. The van der Waals surface area contributed by atoms with E-state index in [4.69, 9.17) is 4.74 Å². The Bertz CT molecular complexity index is 3440. The van der Waals surface area contributed by atoms with Crippen molar-refractivity contribution < 1.29 is 55.2 Å². The zero-order chi connectivity index (χ0) is 57.1. The van der Waals surface area contributed by atoms with E-state index in [2.05, 4.69) is 56.8 Å². The zero-order valence-electron chi connectivity index (χ0n) is 43.5. The molecule has 80 heavy (non-hydrogen) atoms. The lowest BCUT2D eigenvalue weighted by atomic mass is 10.1. The minimum absolute atomic E-state index is 0. The molecule has 0 aliphatic rings. The van der Waals surface area contributed by atoms with Gasteiger partial charge in [-0.2, -0.15) is 18.2 Å². The summed E-state index contributed by atoms with van der Waals surface area (Å²) < 4.78 is 68.7. The second kappa shape index (κ2) is 29.6. The molecule has 25 nitrogen and oxygen atoms in total. The molecule has 6 aromatic rings. The van der Waals surface area contributed by atoms with Gasteiger partial charge >= 0.3 is 5.97 Å². The second-order valence-electron chi connectivity index (χ2n) is 18.1. The van der Waals surface area contributed by atoms with Crippen LogP contribution < -0.4 is 42.2 Å². The van der Waals surface area contributed by atoms with Crippen molar-refractivity contribution in [2.75, 3.05) is 50.1 Å². The average Bonchev–Trinajstić information content (AvgIpc) is 3.96. The Balaban J connectivity index is 0.0000118. The van der Waals surface area contributed by atoms with Crippen LogP contribution in [0.5, 0.6) is 0 Å². The monoisotopic (exact) mass is 1140 g/mol. The number of rotatable bonds is 30. The normalized spacial score (nSPS) is 11.8. The molecule has 0 fully saturated rings. The number of carboxylic acids is 1. The molecule has 0 saturated heterocycles. The lowest BCUT2D eigenvalue weighted by Crippen LogP contribution is -2.49. The van der Waals surface area contributed by atoms with Crippen LogP contribution in [0.3, 0.4) is 0 Å². The fourth-order valence-electron chi connectivity index (χ4n) is 8.19. The average molecular weight is 1140 g/mol. The van der Waals surface area contributed by atoms with Gasteiger partial charge in [0.05, 0.1) is 22.2 Å². The highest BCUT2D eigenvalue weighted by Crippen LogP contribution is 2.22. The first kappa shape index (κ1) is 62.5. The highest BCUT2D eigenvalue weighted by atomic mass is 32.2. The summed E-state index contributed by atoms with van der Waals surface area (Å²) in [5.74, 6) is -2.70. The minimum Gasteiger partial charge on any atom is -0.480 e. The molecular weight excluding hydrogens is 1080 g/mol. The van der Waals surface area contributed by atoms with E-state index in [1.54, 1.807) is 74.1 Å². The fourth-order valence-corrected chi connectivity index (χ4v) is 10.5. The van der Waals surface area contributed by atoms with Gasteiger partial charge in [-0.05, 0) is 87.1 Å². The number of aryl methyl sites for hydroxylation is 4. The van der Waals surface area contributed by atoms with Crippen molar-refractivity contribution in [2.24, 2.45) is 5.10 Å². The fraction of sp³-hybridized carbons (Fsp3) is 0.340. The van der Waals surface area contributed by atoms with E-state index in [1.807, 2.05) is 0 Å². The van der Waals surface area contributed by atoms with Crippen molar-refractivity contribution >= 4 is 78.6 Å². The molecule has 3 aromatic heterocycles. The van der Waals surface area contributed by atoms with E-state index in [9.17, 15) is 55.3 Å². The molecule has 3 heterocycles. The number of nitrogens with zero attached hydrogens (tertiary/aromatic N) is 4. The number of H-pyrrole nitrogens is 1. The number of anilines is 2. The number of carbonyl (C=O) groups excluding carboxylic acids is 4. The summed E-state index contributed by atoms with van der Waals surface area (Å²) in [5.41, 5.74) is 5.04. The number of imidazole rings is 1. The Kier molecular flexibility index (Phi) is 23.1. The summed E-state index contributed by atoms with van der Waals surface area (Å²) in [5, 5.41) is 28.0. The third kappa shape index (κ3) is 18.4. The van der Waals surface area contributed by atoms with Crippen LogP contribution >= 0.6 is 0 Å². The number of benzene rings is 3. The van der Waals surface area contributed by atoms with Gasteiger partial charge < -0.3 is 46.0 Å². The molecule has 10 N–H and O–H groups in total. The van der Waals surface area contributed by atoms with Gasteiger partial charge in [-0.25, -0.2) is 18.4 Å². The summed E-state index contributed by atoms with van der Waals surface area (Å²) in [4.78, 5) is 88.4. The maximum absolute atomic E-state index is 13.8. The van der Waals surface area contributed by atoms with Gasteiger partial charge in [0.2, 0.25) is 27.3 Å². The summed E-state index contributed by atoms with van der Waals surface area (Å²) in [6, 6.07) is 15.4. The molecule has 428 valence electrons.